The van der Waals surface area contributed by atoms with Crippen LogP contribution in [-0.2, 0) is 5.41 Å². The van der Waals surface area contributed by atoms with Gasteiger partial charge in [0.25, 0.3) is 5.92 Å². The van der Waals surface area contributed by atoms with E-state index in [1.165, 1.54) is 11.1 Å². The molecule has 2 aromatic heterocycles. The molecule has 0 saturated carbocycles. The van der Waals surface area contributed by atoms with Gasteiger partial charge in [-0.25, -0.2) is 18.7 Å². The minimum Gasteiger partial charge on any atom is -0.344 e. The van der Waals surface area contributed by atoms with E-state index in [-0.39, 0.29) is 0 Å². The van der Waals surface area contributed by atoms with E-state index >= 15 is 0 Å². The SMILES string of the molecule is N#Cc1ccnc(Nc2cc(C3(C#N)CCNCC3)cc(N3CC(F)(F)C3)n2)c1. The average Bonchev–Trinajstić information content (AvgIpc) is 2.72. The maximum absolute atomic E-state index is 13.4. The van der Waals surface area contributed by atoms with Crippen LogP contribution in [0.2, 0.25) is 0 Å². The number of hydrogen-bond acceptors (Lipinski definition) is 7. The number of aromatic nitrogens is 2. The van der Waals surface area contributed by atoms with Gasteiger partial charge in [-0.2, -0.15) is 10.5 Å². The van der Waals surface area contributed by atoms with Crippen LogP contribution in [0.25, 0.3) is 0 Å². The predicted octanol–water partition coefficient (Wildman–Crippen LogP) is 2.69. The summed E-state index contributed by atoms with van der Waals surface area (Å²) in [4.78, 5) is 10.1. The van der Waals surface area contributed by atoms with E-state index in [9.17, 15) is 14.0 Å². The van der Waals surface area contributed by atoms with Gasteiger partial charge in [0, 0.05) is 6.20 Å². The Hall–Kier alpha value is -3.30. The number of piperidine rings is 1. The molecule has 2 aliphatic heterocycles. The summed E-state index contributed by atoms with van der Waals surface area (Å²) in [6.45, 7) is 0.626. The van der Waals surface area contributed by atoms with Gasteiger partial charge in [0.2, 0.25) is 0 Å². The Balaban J connectivity index is 1.72. The second-order valence-electron chi connectivity index (χ2n) is 7.42. The highest BCUT2D eigenvalue weighted by atomic mass is 19.3. The zero-order valence-electron chi connectivity index (χ0n) is 15.6. The molecule has 2 fully saturated rings. The van der Waals surface area contributed by atoms with E-state index in [0.717, 1.165) is 5.56 Å². The van der Waals surface area contributed by atoms with Gasteiger partial charge >= 0.3 is 0 Å². The highest BCUT2D eigenvalue weighted by Gasteiger charge is 2.45. The first-order valence-electron chi connectivity index (χ1n) is 9.34. The van der Waals surface area contributed by atoms with Crippen molar-refractivity contribution in [2.75, 3.05) is 36.4 Å². The summed E-state index contributed by atoms with van der Waals surface area (Å²) >= 11 is 0. The summed E-state index contributed by atoms with van der Waals surface area (Å²) in [5, 5.41) is 25.3. The van der Waals surface area contributed by atoms with Crippen molar-refractivity contribution >= 4 is 17.5 Å². The van der Waals surface area contributed by atoms with Crippen LogP contribution in [0, 0.1) is 22.7 Å². The summed E-state index contributed by atoms with van der Waals surface area (Å²) in [6.07, 6.45) is 2.76. The zero-order valence-corrected chi connectivity index (χ0v) is 15.6. The topological polar surface area (TPSA) is 101 Å². The second-order valence-corrected chi connectivity index (χ2v) is 7.42. The normalized spacial score (nSPS) is 19.5. The first-order valence-corrected chi connectivity index (χ1v) is 9.34. The molecule has 2 N–H and O–H groups in total. The van der Waals surface area contributed by atoms with E-state index < -0.39 is 24.4 Å². The maximum Gasteiger partial charge on any atom is 0.282 e. The van der Waals surface area contributed by atoms with Crippen LogP contribution in [0.1, 0.15) is 24.0 Å². The summed E-state index contributed by atoms with van der Waals surface area (Å²) in [5.41, 5.74) is 0.489. The molecule has 2 aliphatic rings. The summed E-state index contributed by atoms with van der Waals surface area (Å²) < 4.78 is 26.8. The van der Waals surface area contributed by atoms with E-state index in [4.69, 9.17) is 5.26 Å². The number of anilines is 3. The molecule has 0 spiro atoms. The Labute approximate surface area is 167 Å². The second kappa shape index (κ2) is 7.26. The van der Waals surface area contributed by atoms with Crippen molar-refractivity contribution in [1.82, 2.24) is 15.3 Å². The standard InChI is InChI=1S/C20H19F2N7/c21-20(22)12-29(13-20)18-9-15(19(11-24)2-5-25-6-3-19)8-17(28-18)27-16-7-14(10-23)1-4-26-16/h1,4,7-9,25H,2-3,5-6,12-13H2,(H,26,27,28). The zero-order chi connectivity index (χ0) is 20.5. The fraction of sp³-hybridized carbons (Fsp3) is 0.400. The van der Waals surface area contributed by atoms with Crippen LogP contribution >= 0.6 is 0 Å². The van der Waals surface area contributed by atoms with Crippen molar-refractivity contribution in [3.63, 3.8) is 0 Å². The number of hydrogen-bond donors (Lipinski definition) is 2. The predicted molar refractivity (Wildman–Crippen MR) is 103 cm³/mol. The molecular weight excluding hydrogens is 376 g/mol. The number of rotatable bonds is 4. The lowest BCUT2D eigenvalue weighted by atomic mass is 9.74. The van der Waals surface area contributed by atoms with Gasteiger partial charge in [0.15, 0.2) is 0 Å². The van der Waals surface area contributed by atoms with E-state index in [0.29, 0.717) is 48.9 Å². The highest BCUT2D eigenvalue weighted by molar-refractivity contribution is 5.61. The largest absolute Gasteiger partial charge is 0.344 e. The van der Waals surface area contributed by atoms with Crippen LogP contribution in [0.3, 0.4) is 0 Å². The van der Waals surface area contributed by atoms with Crippen LogP contribution in [-0.4, -0.2) is 42.1 Å². The fourth-order valence-corrected chi connectivity index (χ4v) is 3.71. The first kappa shape index (κ1) is 19.0. The van der Waals surface area contributed by atoms with Crippen molar-refractivity contribution in [2.45, 2.75) is 24.2 Å². The first-order chi connectivity index (χ1) is 13.9. The van der Waals surface area contributed by atoms with Gasteiger partial charge in [-0.05, 0) is 55.8 Å². The van der Waals surface area contributed by atoms with Crippen LogP contribution < -0.4 is 15.5 Å². The average molecular weight is 395 g/mol. The minimum absolute atomic E-state index is 0.397. The lowest BCUT2D eigenvalue weighted by molar-refractivity contribution is -0.0267. The number of halogens is 2. The summed E-state index contributed by atoms with van der Waals surface area (Å²) in [5.74, 6) is -1.50. The quantitative estimate of drug-likeness (QED) is 0.821. The van der Waals surface area contributed by atoms with Gasteiger partial charge < -0.3 is 15.5 Å². The third-order valence-electron chi connectivity index (χ3n) is 5.35. The number of nitrogens with zero attached hydrogens (tertiary/aromatic N) is 5. The molecule has 0 unspecified atom stereocenters. The van der Waals surface area contributed by atoms with Gasteiger partial charge in [-0.15, -0.1) is 0 Å². The molecule has 2 saturated heterocycles. The molecule has 29 heavy (non-hydrogen) atoms. The van der Waals surface area contributed by atoms with Gasteiger partial charge in [-0.3, -0.25) is 0 Å². The lowest BCUT2D eigenvalue weighted by Gasteiger charge is -2.40. The molecule has 4 heterocycles. The van der Waals surface area contributed by atoms with E-state index in [1.54, 1.807) is 24.3 Å². The number of alkyl halides is 2. The molecular formula is C20H19F2N7. The minimum atomic E-state index is -2.73. The van der Waals surface area contributed by atoms with Gasteiger partial charge in [0.1, 0.15) is 17.5 Å². The molecule has 0 aromatic carbocycles. The van der Waals surface area contributed by atoms with E-state index in [2.05, 4.69) is 26.7 Å². The fourth-order valence-electron chi connectivity index (χ4n) is 3.71. The molecule has 0 aliphatic carbocycles. The highest BCUT2D eigenvalue weighted by Crippen LogP contribution is 2.38. The van der Waals surface area contributed by atoms with Crippen molar-refractivity contribution in [3.05, 3.63) is 41.6 Å². The Kier molecular flexibility index (Phi) is 4.77. The van der Waals surface area contributed by atoms with Crippen LogP contribution in [0.15, 0.2) is 30.5 Å². The Morgan fingerprint density at radius 3 is 2.52 bits per heavy atom. The Morgan fingerprint density at radius 2 is 1.86 bits per heavy atom. The number of nitriles is 2. The maximum atomic E-state index is 13.4. The molecule has 9 heteroatoms. The number of pyridine rings is 2. The Bertz CT molecular complexity index is 995. The molecule has 0 amide bonds. The van der Waals surface area contributed by atoms with Crippen molar-refractivity contribution in [2.24, 2.45) is 0 Å². The third-order valence-corrected chi connectivity index (χ3v) is 5.35. The van der Waals surface area contributed by atoms with Crippen molar-refractivity contribution in [1.29, 1.82) is 10.5 Å². The molecule has 0 bridgehead atoms. The summed E-state index contributed by atoms with van der Waals surface area (Å²) in [7, 11) is 0. The van der Waals surface area contributed by atoms with Gasteiger partial charge in [0.05, 0.1) is 36.2 Å². The molecule has 0 radical (unpaired) electrons. The molecule has 4 rings (SSSR count). The van der Waals surface area contributed by atoms with Crippen LogP contribution in [0.5, 0.6) is 0 Å². The number of nitrogens with one attached hydrogen (secondary N) is 2. The van der Waals surface area contributed by atoms with Crippen molar-refractivity contribution in [3.8, 4) is 12.1 Å². The van der Waals surface area contributed by atoms with Gasteiger partial charge in [-0.1, -0.05) is 0 Å². The molecule has 7 nitrogen and oxygen atoms in total. The van der Waals surface area contributed by atoms with Crippen LogP contribution in [0.4, 0.5) is 26.2 Å². The third kappa shape index (κ3) is 3.82. The Morgan fingerprint density at radius 1 is 1.10 bits per heavy atom. The molecule has 148 valence electrons. The molecule has 0 atom stereocenters. The summed E-state index contributed by atoms with van der Waals surface area (Å²) in [6, 6.07) is 11.2. The molecule has 2 aromatic rings. The smallest absolute Gasteiger partial charge is 0.282 e. The van der Waals surface area contributed by atoms with Crippen molar-refractivity contribution < 1.29 is 8.78 Å². The monoisotopic (exact) mass is 395 g/mol. The van der Waals surface area contributed by atoms with E-state index in [1.807, 2.05) is 6.07 Å². The lowest BCUT2D eigenvalue weighted by Crippen LogP contribution is -2.56.